The van der Waals surface area contributed by atoms with Crippen molar-refractivity contribution in [1.82, 2.24) is 4.90 Å². The van der Waals surface area contributed by atoms with Crippen molar-refractivity contribution in [3.8, 4) is 0 Å². The number of likely N-dealkylation sites (tertiary alicyclic amines) is 1. The molecule has 0 aromatic carbocycles. The lowest BCUT2D eigenvalue weighted by Gasteiger charge is -2.30. The zero-order valence-corrected chi connectivity index (χ0v) is 14.8. The molecule has 0 bridgehead atoms. The van der Waals surface area contributed by atoms with Crippen molar-refractivity contribution in [2.45, 2.75) is 44.6 Å². The maximum absolute atomic E-state index is 12.0. The lowest BCUT2D eigenvalue weighted by Crippen LogP contribution is -2.38. The minimum Gasteiger partial charge on any atom is -0.462 e. The number of esters is 2. The molecule has 7 heteroatoms. The minimum absolute atomic E-state index is 0.0614. The molecule has 1 rings (SSSR count). The summed E-state index contributed by atoms with van der Waals surface area (Å²) in [6, 6.07) is 0. The third-order valence-corrected chi connectivity index (χ3v) is 4.03. The largest absolute Gasteiger partial charge is 0.462 e. The number of carbonyl (C=O) groups is 3. The van der Waals surface area contributed by atoms with Gasteiger partial charge in [0.25, 0.3) is 0 Å². The SMILES string of the molecule is C=CC(=O)OCCC(C)(CCOC(=O)N1CCCCC1)OC(=O)C=C. The van der Waals surface area contributed by atoms with E-state index >= 15 is 0 Å². The van der Waals surface area contributed by atoms with Gasteiger partial charge in [0.05, 0.1) is 13.2 Å². The van der Waals surface area contributed by atoms with Crippen molar-refractivity contribution >= 4 is 18.0 Å². The Bertz CT molecular complexity index is 498. The van der Waals surface area contributed by atoms with E-state index in [1.807, 2.05) is 0 Å². The van der Waals surface area contributed by atoms with Gasteiger partial charge in [-0.05, 0) is 26.2 Å². The highest BCUT2D eigenvalue weighted by Gasteiger charge is 2.29. The summed E-state index contributed by atoms with van der Waals surface area (Å²) < 4.78 is 15.6. The second-order valence-electron chi connectivity index (χ2n) is 6.11. The molecule has 0 saturated carbocycles. The van der Waals surface area contributed by atoms with Crippen LogP contribution in [0.25, 0.3) is 0 Å². The summed E-state index contributed by atoms with van der Waals surface area (Å²) in [6.07, 6.45) is 5.43. The van der Waals surface area contributed by atoms with Crippen LogP contribution in [0.3, 0.4) is 0 Å². The molecule has 1 fully saturated rings. The molecule has 140 valence electrons. The Kier molecular flexibility index (Phi) is 8.74. The molecule has 0 N–H and O–H groups in total. The lowest BCUT2D eigenvalue weighted by molar-refractivity contribution is -0.156. The van der Waals surface area contributed by atoms with Crippen LogP contribution in [0.4, 0.5) is 4.79 Å². The average molecular weight is 353 g/mol. The number of hydrogen-bond donors (Lipinski definition) is 0. The summed E-state index contributed by atoms with van der Waals surface area (Å²) in [7, 11) is 0. The van der Waals surface area contributed by atoms with Gasteiger partial charge in [0.15, 0.2) is 0 Å². The van der Waals surface area contributed by atoms with Crippen LogP contribution < -0.4 is 0 Å². The number of piperidine rings is 1. The van der Waals surface area contributed by atoms with E-state index in [9.17, 15) is 14.4 Å². The zero-order chi connectivity index (χ0) is 18.7. The maximum atomic E-state index is 12.0. The van der Waals surface area contributed by atoms with Crippen LogP contribution in [0, 0.1) is 0 Å². The van der Waals surface area contributed by atoms with Crippen LogP contribution in [0.2, 0.25) is 0 Å². The minimum atomic E-state index is -0.936. The molecular weight excluding hydrogens is 326 g/mol. The van der Waals surface area contributed by atoms with Crippen LogP contribution >= 0.6 is 0 Å². The van der Waals surface area contributed by atoms with Crippen molar-refractivity contribution < 1.29 is 28.6 Å². The molecule has 0 spiro atoms. The Balaban J connectivity index is 2.49. The van der Waals surface area contributed by atoms with Gasteiger partial charge in [0.2, 0.25) is 0 Å². The second kappa shape index (κ2) is 10.5. The highest BCUT2D eigenvalue weighted by atomic mass is 16.6. The third-order valence-electron chi connectivity index (χ3n) is 4.03. The fourth-order valence-electron chi connectivity index (χ4n) is 2.46. The summed E-state index contributed by atoms with van der Waals surface area (Å²) in [5.74, 6) is -1.13. The molecule has 1 aliphatic heterocycles. The molecule has 1 saturated heterocycles. The molecule has 0 aliphatic carbocycles. The molecule has 1 amide bonds. The van der Waals surface area contributed by atoms with Crippen molar-refractivity contribution in [2.75, 3.05) is 26.3 Å². The van der Waals surface area contributed by atoms with E-state index < -0.39 is 17.5 Å². The topological polar surface area (TPSA) is 82.1 Å². The van der Waals surface area contributed by atoms with E-state index in [0.29, 0.717) is 13.1 Å². The van der Waals surface area contributed by atoms with Gasteiger partial charge < -0.3 is 19.1 Å². The summed E-state index contributed by atoms with van der Waals surface area (Å²) in [5, 5.41) is 0. The third kappa shape index (κ3) is 7.87. The number of rotatable bonds is 9. The van der Waals surface area contributed by atoms with Crippen LogP contribution in [0.15, 0.2) is 25.3 Å². The monoisotopic (exact) mass is 353 g/mol. The zero-order valence-electron chi connectivity index (χ0n) is 14.8. The number of hydrogen-bond acceptors (Lipinski definition) is 6. The average Bonchev–Trinajstić information content (AvgIpc) is 2.61. The summed E-state index contributed by atoms with van der Waals surface area (Å²) in [4.78, 5) is 36.3. The van der Waals surface area contributed by atoms with E-state index in [4.69, 9.17) is 14.2 Å². The molecule has 7 nitrogen and oxygen atoms in total. The van der Waals surface area contributed by atoms with Gasteiger partial charge in [-0.2, -0.15) is 0 Å². The number of ether oxygens (including phenoxy) is 3. The number of carbonyl (C=O) groups excluding carboxylic acids is 3. The quantitative estimate of drug-likeness (QED) is 0.360. The highest BCUT2D eigenvalue weighted by Crippen LogP contribution is 2.22. The van der Waals surface area contributed by atoms with Crippen LogP contribution in [-0.4, -0.2) is 54.8 Å². The first-order valence-electron chi connectivity index (χ1n) is 8.46. The Morgan fingerprint density at radius 3 is 2.08 bits per heavy atom. The van der Waals surface area contributed by atoms with E-state index in [0.717, 1.165) is 31.4 Å². The van der Waals surface area contributed by atoms with E-state index in [1.54, 1.807) is 11.8 Å². The Morgan fingerprint density at radius 1 is 0.960 bits per heavy atom. The summed E-state index contributed by atoms with van der Waals surface area (Å²) in [5.41, 5.74) is -0.936. The Hall–Kier alpha value is -2.31. The molecule has 1 heterocycles. The first-order chi connectivity index (χ1) is 11.9. The smallest absolute Gasteiger partial charge is 0.409 e. The fraction of sp³-hybridized carbons (Fsp3) is 0.611. The number of nitrogens with zero attached hydrogens (tertiary/aromatic N) is 1. The molecule has 25 heavy (non-hydrogen) atoms. The van der Waals surface area contributed by atoms with Gasteiger partial charge in [-0.1, -0.05) is 13.2 Å². The molecule has 0 radical (unpaired) electrons. The molecular formula is C18H27NO6. The normalized spacial score (nSPS) is 16.3. The van der Waals surface area contributed by atoms with Gasteiger partial charge in [0.1, 0.15) is 5.60 Å². The van der Waals surface area contributed by atoms with Gasteiger partial charge in [-0.3, -0.25) is 0 Å². The van der Waals surface area contributed by atoms with Gasteiger partial charge in [-0.15, -0.1) is 0 Å². The fourth-order valence-corrected chi connectivity index (χ4v) is 2.46. The van der Waals surface area contributed by atoms with Crippen molar-refractivity contribution in [3.63, 3.8) is 0 Å². The Labute approximate surface area is 148 Å². The van der Waals surface area contributed by atoms with E-state index in [1.165, 1.54) is 0 Å². The Morgan fingerprint density at radius 2 is 1.52 bits per heavy atom. The number of amides is 1. The van der Waals surface area contributed by atoms with Crippen LogP contribution in [0.5, 0.6) is 0 Å². The maximum Gasteiger partial charge on any atom is 0.409 e. The predicted molar refractivity (Wildman–Crippen MR) is 91.9 cm³/mol. The van der Waals surface area contributed by atoms with Gasteiger partial charge >= 0.3 is 18.0 Å². The first kappa shape index (κ1) is 20.7. The van der Waals surface area contributed by atoms with Gasteiger partial charge in [0, 0.05) is 38.1 Å². The molecule has 1 atom stereocenters. The standard InChI is InChI=1S/C18H27NO6/c1-4-15(20)23-13-9-18(3,25-16(21)5-2)10-14-24-17(22)19-11-7-6-8-12-19/h4-5H,1-2,6-14H2,3H3. The van der Waals surface area contributed by atoms with Crippen molar-refractivity contribution in [1.29, 1.82) is 0 Å². The van der Waals surface area contributed by atoms with Gasteiger partial charge in [-0.25, -0.2) is 14.4 Å². The second-order valence-corrected chi connectivity index (χ2v) is 6.11. The summed E-state index contributed by atoms with van der Waals surface area (Å²) >= 11 is 0. The summed E-state index contributed by atoms with van der Waals surface area (Å²) in [6.45, 7) is 9.96. The van der Waals surface area contributed by atoms with E-state index in [2.05, 4.69) is 13.2 Å². The highest BCUT2D eigenvalue weighted by molar-refractivity contribution is 5.82. The van der Waals surface area contributed by atoms with Crippen LogP contribution in [0.1, 0.15) is 39.0 Å². The first-order valence-corrected chi connectivity index (χ1v) is 8.46. The molecule has 0 aromatic heterocycles. The molecule has 1 aliphatic rings. The van der Waals surface area contributed by atoms with E-state index in [-0.39, 0.29) is 32.1 Å². The molecule has 0 aromatic rings. The van der Waals surface area contributed by atoms with Crippen molar-refractivity contribution in [2.24, 2.45) is 0 Å². The lowest BCUT2D eigenvalue weighted by atomic mass is 9.98. The molecule has 1 unspecified atom stereocenters. The van der Waals surface area contributed by atoms with Crippen molar-refractivity contribution in [3.05, 3.63) is 25.3 Å². The van der Waals surface area contributed by atoms with Crippen LogP contribution in [-0.2, 0) is 23.8 Å². The predicted octanol–water partition coefficient (Wildman–Crippen LogP) is 2.61.